The maximum Gasteiger partial charge on any atom is 0.349 e. The molecule has 1 aromatic heterocycles. The van der Waals surface area contributed by atoms with Gasteiger partial charge in [0.05, 0.1) is 18.7 Å². The standard InChI is InChI=1S/C15H16N2O4S2/c1-3-17(15-16-11-13(22-15)14(18)21-2)23(19,20)10-9-12-7-5-4-6-8-12/h4-11H,3H2,1-2H3. The topological polar surface area (TPSA) is 76.6 Å². The average molecular weight is 352 g/mol. The Labute approximate surface area is 139 Å². The van der Waals surface area contributed by atoms with E-state index in [9.17, 15) is 13.2 Å². The van der Waals surface area contributed by atoms with E-state index in [-0.39, 0.29) is 16.6 Å². The molecule has 0 atom stereocenters. The van der Waals surface area contributed by atoms with Crippen molar-refractivity contribution in [2.45, 2.75) is 6.92 Å². The van der Waals surface area contributed by atoms with Crippen molar-refractivity contribution < 1.29 is 17.9 Å². The number of ether oxygens (including phenoxy) is 1. The lowest BCUT2D eigenvalue weighted by Gasteiger charge is -2.17. The lowest BCUT2D eigenvalue weighted by molar-refractivity contribution is 0.0606. The molecular formula is C15H16N2O4S2. The Morgan fingerprint density at radius 3 is 2.65 bits per heavy atom. The summed E-state index contributed by atoms with van der Waals surface area (Å²) in [7, 11) is -2.43. The van der Waals surface area contributed by atoms with E-state index < -0.39 is 16.0 Å². The monoisotopic (exact) mass is 352 g/mol. The van der Waals surface area contributed by atoms with Crippen LogP contribution in [0, 0.1) is 0 Å². The van der Waals surface area contributed by atoms with Gasteiger partial charge in [0.1, 0.15) is 4.88 Å². The number of aromatic nitrogens is 1. The zero-order valence-electron chi connectivity index (χ0n) is 12.7. The fourth-order valence-electron chi connectivity index (χ4n) is 1.80. The van der Waals surface area contributed by atoms with E-state index in [0.29, 0.717) is 0 Å². The minimum atomic E-state index is -3.69. The molecule has 0 amide bonds. The number of anilines is 1. The van der Waals surface area contributed by atoms with Crippen LogP contribution in [0.5, 0.6) is 0 Å². The summed E-state index contributed by atoms with van der Waals surface area (Å²) in [4.78, 5) is 15.7. The molecule has 0 aliphatic heterocycles. The van der Waals surface area contributed by atoms with Crippen molar-refractivity contribution in [3.63, 3.8) is 0 Å². The first kappa shape index (κ1) is 17.2. The van der Waals surface area contributed by atoms with Gasteiger partial charge in [0.2, 0.25) is 0 Å². The lowest BCUT2D eigenvalue weighted by Crippen LogP contribution is -2.28. The van der Waals surface area contributed by atoms with Crippen molar-refractivity contribution in [2.24, 2.45) is 0 Å². The van der Waals surface area contributed by atoms with E-state index in [1.165, 1.54) is 19.4 Å². The highest BCUT2D eigenvalue weighted by Gasteiger charge is 2.22. The number of hydrogen-bond donors (Lipinski definition) is 0. The highest BCUT2D eigenvalue weighted by Crippen LogP contribution is 2.26. The second-order valence-corrected chi connectivity index (χ2v) is 7.17. The zero-order valence-corrected chi connectivity index (χ0v) is 14.3. The van der Waals surface area contributed by atoms with Crippen LogP contribution in [0.1, 0.15) is 22.2 Å². The molecule has 0 N–H and O–H groups in total. The van der Waals surface area contributed by atoms with Crippen LogP contribution in [0.15, 0.2) is 41.9 Å². The van der Waals surface area contributed by atoms with E-state index in [4.69, 9.17) is 0 Å². The van der Waals surface area contributed by atoms with Gasteiger partial charge in [-0.15, -0.1) is 0 Å². The van der Waals surface area contributed by atoms with Crippen molar-refractivity contribution in [3.8, 4) is 0 Å². The van der Waals surface area contributed by atoms with Crippen LogP contribution in [-0.2, 0) is 14.8 Å². The summed E-state index contributed by atoms with van der Waals surface area (Å²) in [6.07, 6.45) is 2.83. The van der Waals surface area contributed by atoms with E-state index in [0.717, 1.165) is 26.6 Å². The average Bonchev–Trinajstić information content (AvgIpc) is 3.03. The summed E-state index contributed by atoms with van der Waals surface area (Å²) in [5.41, 5.74) is 0.779. The van der Waals surface area contributed by atoms with Crippen molar-refractivity contribution >= 4 is 38.5 Å². The fourth-order valence-corrected chi connectivity index (χ4v) is 4.13. The molecule has 122 valence electrons. The number of methoxy groups -OCH3 is 1. The van der Waals surface area contributed by atoms with Crippen molar-refractivity contribution in [1.29, 1.82) is 0 Å². The van der Waals surface area contributed by atoms with Crippen LogP contribution in [0.4, 0.5) is 5.13 Å². The van der Waals surface area contributed by atoms with Gasteiger partial charge in [-0.3, -0.25) is 0 Å². The third kappa shape index (κ3) is 4.17. The second kappa shape index (κ2) is 7.38. The molecule has 23 heavy (non-hydrogen) atoms. The summed E-state index contributed by atoms with van der Waals surface area (Å²) in [5.74, 6) is -0.540. The number of benzene rings is 1. The maximum absolute atomic E-state index is 12.5. The summed E-state index contributed by atoms with van der Waals surface area (Å²) >= 11 is 0.974. The quantitative estimate of drug-likeness (QED) is 0.747. The molecule has 1 aromatic carbocycles. The van der Waals surface area contributed by atoms with Gasteiger partial charge in [-0.25, -0.2) is 22.5 Å². The van der Waals surface area contributed by atoms with Crippen LogP contribution in [-0.4, -0.2) is 33.0 Å². The smallest absolute Gasteiger partial charge is 0.349 e. The molecule has 0 saturated heterocycles. The molecule has 1 heterocycles. The molecule has 0 radical (unpaired) electrons. The van der Waals surface area contributed by atoms with Gasteiger partial charge in [-0.1, -0.05) is 41.7 Å². The molecule has 0 spiro atoms. The van der Waals surface area contributed by atoms with E-state index >= 15 is 0 Å². The normalized spacial score (nSPS) is 11.6. The summed E-state index contributed by atoms with van der Waals surface area (Å²) in [5, 5.41) is 1.36. The molecule has 0 aliphatic carbocycles. The SMILES string of the molecule is CCN(c1ncc(C(=O)OC)s1)S(=O)(=O)C=Cc1ccccc1. The predicted molar refractivity (Wildman–Crippen MR) is 90.9 cm³/mol. The maximum atomic E-state index is 12.5. The molecule has 0 bridgehead atoms. The summed E-state index contributed by atoms with van der Waals surface area (Å²) in [6.45, 7) is 1.91. The molecule has 2 rings (SSSR count). The number of sulfonamides is 1. The van der Waals surface area contributed by atoms with Crippen molar-refractivity contribution in [3.05, 3.63) is 52.4 Å². The molecule has 0 unspecified atom stereocenters. The summed E-state index contributed by atoms with van der Waals surface area (Å²) < 4.78 is 30.7. The lowest BCUT2D eigenvalue weighted by atomic mass is 10.2. The zero-order chi connectivity index (χ0) is 16.9. The minimum Gasteiger partial charge on any atom is -0.465 e. The van der Waals surface area contributed by atoms with Crippen molar-refractivity contribution in [2.75, 3.05) is 18.0 Å². The third-order valence-corrected chi connectivity index (χ3v) is 5.56. The number of nitrogens with zero attached hydrogens (tertiary/aromatic N) is 2. The Hall–Kier alpha value is -2.19. The Morgan fingerprint density at radius 1 is 1.35 bits per heavy atom. The van der Waals surface area contributed by atoms with Crippen LogP contribution >= 0.6 is 11.3 Å². The highest BCUT2D eigenvalue weighted by molar-refractivity contribution is 7.95. The highest BCUT2D eigenvalue weighted by atomic mass is 32.2. The van der Waals surface area contributed by atoms with Gasteiger partial charge in [0.15, 0.2) is 5.13 Å². The molecule has 0 aliphatic rings. The largest absolute Gasteiger partial charge is 0.465 e. The fraction of sp³-hybridized carbons (Fsp3) is 0.200. The van der Waals surface area contributed by atoms with Gasteiger partial charge in [0.25, 0.3) is 10.0 Å². The molecule has 0 saturated carbocycles. The number of carbonyl (C=O) groups excluding carboxylic acids is 1. The van der Waals surface area contributed by atoms with Gasteiger partial charge in [-0.2, -0.15) is 0 Å². The van der Waals surface area contributed by atoms with Gasteiger partial charge < -0.3 is 4.74 Å². The van der Waals surface area contributed by atoms with Crippen LogP contribution in [0.3, 0.4) is 0 Å². The first-order valence-electron chi connectivity index (χ1n) is 6.78. The van der Waals surface area contributed by atoms with E-state index in [1.807, 2.05) is 18.2 Å². The van der Waals surface area contributed by atoms with Crippen molar-refractivity contribution in [1.82, 2.24) is 4.98 Å². The Balaban J connectivity index is 2.27. The van der Waals surface area contributed by atoms with E-state index in [1.54, 1.807) is 19.1 Å². The molecule has 2 aromatic rings. The van der Waals surface area contributed by atoms with Gasteiger partial charge in [-0.05, 0) is 18.6 Å². The first-order valence-corrected chi connectivity index (χ1v) is 9.10. The number of thiazole rings is 1. The molecule has 8 heteroatoms. The van der Waals surface area contributed by atoms with Crippen LogP contribution < -0.4 is 4.31 Å². The van der Waals surface area contributed by atoms with Crippen LogP contribution in [0.2, 0.25) is 0 Å². The number of rotatable bonds is 6. The van der Waals surface area contributed by atoms with Gasteiger partial charge >= 0.3 is 5.97 Å². The third-order valence-electron chi connectivity index (χ3n) is 2.92. The van der Waals surface area contributed by atoms with E-state index in [2.05, 4.69) is 9.72 Å². The molecular weight excluding hydrogens is 336 g/mol. The Morgan fingerprint density at radius 2 is 2.04 bits per heavy atom. The minimum absolute atomic E-state index is 0.204. The first-order chi connectivity index (χ1) is 11.0. The number of esters is 1. The summed E-state index contributed by atoms with van der Waals surface area (Å²) in [6, 6.07) is 9.12. The number of carbonyl (C=O) groups is 1. The van der Waals surface area contributed by atoms with Crippen LogP contribution in [0.25, 0.3) is 6.08 Å². The predicted octanol–water partition coefficient (Wildman–Crippen LogP) is 2.76. The Kier molecular flexibility index (Phi) is 5.51. The molecule has 6 nitrogen and oxygen atoms in total. The Bertz CT molecular complexity index is 798. The van der Waals surface area contributed by atoms with Gasteiger partial charge in [0, 0.05) is 6.54 Å². The molecule has 0 fully saturated rings. The number of hydrogen-bond acceptors (Lipinski definition) is 6. The second-order valence-electron chi connectivity index (χ2n) is 4.42.